The van der Waals surface area contributed by atoms with E-state index in [0.717, 1.165) is 10.0 Å². The molecule has 8 nitrogen and oxygen atoms in total. The Kier molecular flexibility index (Phi) is 8.07. The predicted molar refractivity (Wildman–Crippen MR) is 127 cm³/mol. The monoisotopic (exact) mass is 532 g/mol. The lowest BCUT2D eigenvalue weighted by atomic mass is 10.2. The summed E-state index contributed by atoms with van der Waals surface area (Å²) in [5, 5.41) is 3.88. The maximum Gasteiger partial charge on any atom is 0.339 e. The molecule has 0 unspecified atom stereocenters. The van der Waals surface area contributed by atoms with Gasteiger partial charge in [0.1, 0.15) is 10.6 Å². The largest absolute Gasteiger partial charge is 0.493 e. The Labute approximate surface area is 200 Å². The zero-order chi connectivity index (χ0) is 23.8. The first-order chi connectivity index (χ1) is 15.8. The van der Waals surface area contributed by atoms with E-state index < -0.39 is 16.0 Å². The number of hydrazone groups is 1. The highest BCUT2D eigenvalue weighted by atomic mass is 79.9. The number of rotatable bonds is 9. The molecule has 0 saturated heterocycles. The summed E-state index contributed by atoms with van der Waals surface area (Å²) in [7, 11) is -2.63. The van der Waals surface area contributed by atoms with E-state index in [0.29, 0.717) is 11.3 Å². The van der Waals surface area contributed by atoms with Crippen LogP contribution in [0.25, 0.3) is 0 Å². The van der Waals surface area contributed by atoms with Crippen LogP contribution in [0.5, 0.6) is 17.2 Å². The number of carbonyl (C=O) groups is 1. The van der Waals surface area contributed by atoms with Crippen LogP contribution in [0.15, 0.2) is 81.2 Å². The average Bonchev–Trinajstić information content (AvgIpc) is 2.79. The number of carbonyl (C=O) groups excluding carboxylic acids is 1. The first kappa shape index (κ1) is 24.3. The fraction of sp³-hybridized carbons (Fsp3) is 0.130. The molecule has 0 aliphatic heterocycles. The van der Waals surface area contributed by atoms with Gasteiger partial charge in [-0.3, -0.25) is 4.79 Å². The lowest BCUT2D eigenvalue weighted by molar-refractivity contribution is -0.123. The van der Waals surface area contributed by atoms with E-state index in [2.05, 4.69) is 26.5 Å². The SMILES string of the molecule is COc1cc(C=NNC(=O)COc2cccc(Br)c2)ccc1OS(=O)(=O)c1ccc(C)cc1. The van der Waals surface area contributed by atoms with Crippen molar-refractivity contribution < 1.29 is 26.9 Å². The molecule has 0 heterocycles. The van der Waals surface area contributed by atoms with Crippen LogP contribution >= 0.6 is 15.9 Å². The minimum Gasteiger partial charge on any atom is -0.493 e. The van der Waals surface area contributed by atoms with E-state index in [4.69, 9.17) is 13.7 Å². The van der Waals surface area contributed by atoms with Gasteiger partial charge in [-0.1, -0.05) is 39.7 Å². The van der Waals surface area contributed by atoms with Gasteiger partial charge in [0, 0.05) is 4.47 Å². The van der Waals surface area contributed by atoms with Crippen LogP contribution in [0.3, 0.4) is 0 Å². The van der Waals surface area contributed by atoms with Crippen LogP contribution < -0.4 is 19.1 Å². The summed E-state index contributed by atoms with van der Waals surface area (Å²) in [5.41, 5.74) is 3.85. The fourth-order valence-electron chi connectivity index (χ4n) is 2.62. The smallest absolute Gasteiger partial charge is 0.339 e. The first-order valence-electron chi connectivity index (χ1n) is 9.66. The Hall–Kier alpha value is -3.37. The predicted octanol–water partition coefficient (Wildman–Crippen LogP) is 4.06. The van der Waals surface area contributed by atoms with Crippen LogP contribution in [-0.4, -0.2) is 34.3 Å². The van der Waals surface area contributed by atoms with E-state index in [-0.39, 0.29) is 23.0 Å². The molecule has 1 amide bonds. The summed E-state index contributed by atoms with van der Waals surface area (Å²) in [6, 6.07) is 18.0. The quantitative estimate of drug-likeness (QED) is 0.253. The Balaban J connectivity index is 1.61. The molecule has 0 atom stereocenters. The van der Waals surface area contributed by atoms with Crippen molar-refractivity contribution in [3.63, 3.8) is 0 Å². The van der Waals surface area contributed by atoms with Crippen molar-refractivity contribution in [2.45, 2.75) is 11.8 Å². The highest BCUT2D eigenvalue weighted by molar-refractivity contribution is 9.10. The number of amides is 1. The molecule has 10 heteroatoms. The van der Waals surface area contributed by atoms with Crippen molar-refractivity contribution >= 4 is 38.2 Å². The van der Waals surface area contributed by atoms with E-state index in [9.17, 15) is 13.2 Å². The molecule has 1 N–H and O–H groups in total. The van der Waals surface area contributed by atoms with Gasteiger partial charge in [0.05, 0.1) is 13.3 Å². The van der Waals surface area contributed by atoms with Crippen molar-refractivity contribution in [1.29, 1.82) is 0 Å². The third kappa shape index (κ3) is 7.06. The molecule has 3 rings (SSSR count). The molecule has 0 radical (unpaired) electrons. The Morgan fingerprint density at radius 2 is 1.82 bits per heavy atom. The zero-order valence-electron chi connectivity index (χ0n) is 17.8. The van der Waals surface area contributed by atoms with Gasteiger partial charge in [-0.25, -0.2) is 5.43 Å². The van der Waals surface area contributed by atoms with Crippen molar-refractivity contribution in [1.82, 2.24) is 5.43 Å². The Bertz CT molecular complexity index is 1260. The van der Waals surface area contributed by atoms with Gasteiger partial charge in [0.15, 0.2) is 18.1 Å². The van der Waals surface area contributed by atoms with Crippen LogP contribution in [0.4, 0.5) is 0 Å². The van der Waals surface area contributed by atoms with Gasteiger partial charge in [0.25, 0.3) is 5.91 Å². The minimum atomic E-state index is -4.02. The van der Waals surface area contributed by atoms with Crippen molar-refractivity contribution in [2.75, 3.05) is 13.7 Å². The molecule has 172 valence electrons. The molecule has 0 spiro atoms. The molecular formula is C23H21BrN2O6S. The number of hydrogen-bond donors (Lipinski definition) is 1. The number of ether oxygens (including phenoxy) is 2. The second-order valence-corrected chi connectivity index (χ2v) is 9.26. The Morgan fingerprint density at radius 3 is 2.52 bits per heavy atom. The van der Waals surface area contributed by atoms with Gasteiger partial charge in [-0.15, -0.1) is 0 Å². The van der Waals surface area contributed by atoms with E-state index in [1.165, 1.54) is 37.6 Å². The molecule has 0 bridgehead atoms. The van der Waals surface area contributed by atoms with Crippen molar-refractivity contribution in [2.24, 2.45) is 5.10 Å². The summed E-state index contributed by atoms with van der Waals surface area (Å²) in [5.74, 6) is 0.326. The van der Waals surface area contributed by atoms with Crippen LogP contribution in [0.1, 0.15) is 11.1 Å². The van der Waals surface area contributed by atoms with Crippen molar-refractivity contribution in [3.05, 3.63) is 82.3 Å². The normalized spacial score (nSPS) is 11.2. The summed E-state index contributed by atoms with van der Waals surface area (Å²) >= 11 is 3.33. The third-order valence-corrected chi connectivity index (χ3v) is 6.01. The van der Waals surface area contributed by atoms with Gasteiger partial charge in [0.2, 0.25) is 0 Å². The number of nitrogens with zero attached hydrogens (tertiary/aromatic N) is 1. The van der Waals surface area contributed by atoms with E-state index >= 15 is 0 Å². The second kappa shape index (κ2) is 11.0. The number of benzene rings is 3. The number of hydrogen-bond acceptors (Lipinski definition) is 7. The maximum atomic E-state index is 12.5. The third-order valence-electron chi connectivity index (χ3n) is 4.27. The van der Waals surface area contributed by atoms with E-state index in [1.54, 1.807) is 36.4 Å². The van der Waals surface area contributed by atoms with Crippen molar-refractivity contribution in [3.8, 4) is 17.2 Å². The molecule has 0 fully saturated rings. The Morgan fingerprint density at radius 1 is 1.06 bits per heavy atom. The molecule has 3 aromatic carbocycles. The lowest BCUT2D eigenvalue weighted by Gasteiger charge is -2.11. The van der Waals surface area contributed by atoms with Gasteiger partial charge < -0.3 is 13.7 Å². The highest BCUT2D eigenvalue weighted by Gasteiger charge is 2.19. The number of methoxy groups -OCH3 is 1. The standard InChI is InChI=1S/C23H21BrN2O6S/c1-16-6-9-20(10-7-16)33(28,29)32-21-11-8-17(12-22(21)30-2)14-25-26-23(27)15-31-19-5-3-4-18(24)13-19/h3-14H,15H2,1-2H3,(H,26,27). The number of aryl methyl sites for hydroxylation is 1. The maximum absolute atomic E-state index is 12.5. The molecule has 0 saturated carbocycles. The van der Waals surface area contributed by atoms with Crippen LogP contribution in [-0.2, 0) is 14.9 Å². The first-order valence-corrected chi connectivity index (χ1v) is 11.9. The lowest BCUT2D eigenvalue weighted by Crippen LogP contribution is -2.24. The second-order valence-electron chi connectivity index (χ2n) is 6.80. The van der Waals surface area contributed by atoms with Gasteiger partial charge in [-0.05, 0) is 61.0 Å². The molecule has 0 aromatic heterocycles. The molecule has 0 aliphatic carbocycles. The number of halogens is 1. The molecule has 3 aromatic rings. The summed E-state index contributed by atoms with van der Waals surface area (Å²) in [6.07, 6.45) is 1.39. The summed E-state index contributed by atoms with van der Waals surface area (Å²) < 4.78 is 41.8. The molecule has 0 aliphatic rings. The minimum absolute atomic E-state index is 0.0293. The molecular weight excluding hydrogens is 512 g/mol. The summed E-state index contributed by atoms with van der Waals surface area (Å²) in [4.78, 5) is 11.9. The summed E-state index contributed by atoms with van der Waals surface area (Å²) in [6.45, 7) is 1.65. The van der Waals surface area contributed by atoms with Crippen LogP contribution in [0, 0.1) is 6.92 Å². The van der Waals surface area contributed by atoms with E-state index in [1.807, 2.05) is 13.0 Å². The average molecular weight is 533 g/mol. The zero-order valence-corrected chi connectivity index (χ0v) is 20.2. The topological polar surface area (TPSA) is 103 Å². The molecule has 33 heavy (non-hydrogen) atoms. The van der Waals surface area contributed by atoms with Gasteiger partial charge in [-0.2, -0.15) is 13.5 Å². The van der Waals surface area contributed by atoms with Gasteiger partial charge >= 0.3 is 10.1 Å². The van der Waals surface area contributed by atoms with Crippen LogP contribution in [0.2, 0.25) is 0 Å². The fourth-order valence-corrected chi connectivity index (χ4v) is 3.94. The highest BCUT2D eigenvalue weighted by Crippen LogP contribution is 2.30. The number of nitrogens with one attached hydrogen (secondary N) is 1.